The molecule has 1 aliphatic rings. The van der Waals surface area contributed by atoms with Crippen LogP contribution >= 0.6 is 0 Å². The standard InChI is InChI=1S/C23H20N2O6/c26-22(14-29-19-10-11-20-21(12-19)31-15-30-20)25-23(27)24-17-6-8-18(9-7-17)28-13-16-4-2-1-3-5-16/h1-12H,13-15H2,(H2,24,25,26,27). The number of rotatable bonds is 7. The van der Waals surface area contributed by atoms with Crippen LogP contribution in [0.15, 0.2) is 72.8 Å². The van der Waals surface area contributed by atoms with E-state index >= 15 is 0 Å². The Kier molecular flexibility index (Phi) is 6.18. The number of hydrogen-bond donors (Lipinski definition) is 2. The van der Waals surface area contributed by atoms with E-state index in [0.29, 0.717) is 35.3 Å². The second-order valence-electron chi connectivity index (χ2n) is 6.60. The molecule has 31 heavy (non-hydrogen) atoms. The Labute approximate surface area is 178 Å². The molecule has 158 valence electrons. The molecule has 0 radical (unpaired) electrons. The molecule has 1 heterocycles. The van der Waals surface area contributed by atoms with Crippen molar-refractivity contribution < 1.29 is 28.5 Å². The molecule has 3 aromatic rings. The van der Waals surface area contributed by atoms with Gasteiger partial charge in [0.05, 0.1) is 0 Å². The molecule has 0 atom stereocenters. The Balaban J connectivity index is 1.20. The van der Waals surface area contributed by atoms with Crippen molar-refractivity contribution in [2.45, 2.75) is 6.61 Å². The van der Waals surface area contributed by atoms with Gasteiger partial charge in [-0.05, 0) is 42.0 Å². The van der Waals surface area contributed by atoms with Crippen molar-refractivity contribution in [3.8, 4) is 23.0 Å². The number of anilines is 1. The average Bonchev–Trinajstić information content (AvgIpc) is 3.26. The first-order valence-electron chi connectivity index (χ1n) is 9.56. The number of fused-ring (bicyclic) bond motifs is 1. The van der Waals surface area contributed by atoms with Gasteiger partial charge in [-0.3, -0.25) is 10.1 Å². The summed E-state index contributed by atoms with van der Waals surface area (Å²) in [7, 11) is 0. The quantitative estimate of drug-likeness (QED) is 0.605. The van der Waals surface area contributed by atoms with Gasteiger partial charge in [-0.1, -0.05) is 30.3 Å². The summed E-state index contributed by atoms with van der Waals surface area (Å²) in [5.41, 5.74) is 1.58. The first-order valence-corrected chi connectivity index (χ1v) is 9.56. The fraction of sp³-hybridized carbons (Fsp3) is 0.130. The highest BCUT2D eigenvalue weighted by molar-refractivity contribution is 6.01. The minimum absolute atomic E-state index is 0.152. The maximum absolute atomic E-state index is 12.0. The monoisotopic (exact) mass is 420 g/mol. The summed E-state index contributed by atoms with van der Waals surface area (Å²) in [6.07, 6.45) is 0. The first-order chi connectivity index (χ1) is 15.2. The summed E-state index contributed by atoms with van der Waals surface area (Å²) in [5, 5.41) is 4.80. The number of nitrogens with one attached hydrogen (secondary N) is 2. The van der Waals surface area contributed by atoms with Crippen LogP contribution in [0.2, 0.25) is 0 Å². The zero-order valence-electron chi connectivity index (χ0n) is 16.5. The van der Waals surface area contributed by atoms with Crippen LogP contribution in [0, 0.1) is 0 Å². The molecule has 3 amide bonds. The van der Waals surface area contributed by atoms with E-state index in [-0.39, 0.29) is 13.4 Å². The van der Waals surface area contributed by atoms with Gasteiger partial charge in [-0.15, -0.1) is 0 Å². The minimum atomic E-state index is -0.655. The number of benzene rings is 3. The first kappa shape index (κ1) is 20.1. The van der Waals surface area contributed by atoms with Crippen LogP contribution in [-0.4, -0.2) is 25.3 Å². The number of hydrogen-bond acceptors (Lipinski definition) is 6. The topological polar surface area (TPSA) is 95.1 Å². The van der Waals surface area contributed by atoms with Crippen molar-refractivity contribution in [1.29, 1.82) is 0 Å². The van der Waals surface area contributed by atoms with E-state index in [1.54, 1.807) is 42.5 Å². The average molecular weight is 420 g/mol. The van der Waals surface area contributed by atoms with Crippen LogP contribution in [0.4, 0.5) is 10.5 Å². The summed E-state index contributed by atoms with van der Waals surface area (Å²) in [5.74, 6) is 1.69. The van der Waals surface area contributed by atoms with Gasteiger partial charge in [0.15, 0.2) is 18.1 Å². The minimum Gasteiger partial charge on any atom is -0.489 e. The number of amides is 3. The molecule has 0 spiro atoms. The van der Waals surface area contributed by atoms with Crippen molar-refractivity contribution in [3.63, 3.8) is 0 Å². The van der Waals surface area contributed by atoms with Crippen LogP contribution < -0.4 is 29.6 Å². The predicted octanol–water partition coefficient (Wildman–Crippen LogP) is 3.72. The van der Waals surface area contributed by atoms with E-state index in [1.165, 1.54) is 0 Å². The Hall–Kier alpha value is -4.20. The van der Waals surface area contributed by atoms with Gasteiger partial charge in [0.1, 0.15) is 18.1 Å². The number of carbonyl (C=O) groups is 2. The normalized spacial score (nSPS) is 11.5. The summed E-state index contributed by atoms with van der Waals surface area (Å²) >= 11 is 0. The van der Waals surface area contributed by atoms with Gasteiger partial charge >= 0.3 is 6.03 Å². The van der Waals surface area contributed by atoms with Gasteiger partial charge in [0.25, 0.3) is 5.91 Å². The summed E-state index contributed by atoms with van der Waals surface area (Å²) in [4.78, 5) is 24.0. The highest BCUT2D eigenvalue weighted by Crippen LogP contribution is 2.35. The van der Waals surface area contributed by atoms with Gasteiger partial charge < -0.3 is 24.3 Å². The molecule has 8 heteroatoms. The van der Waals surface area contributed by atoms with Crippen LogP contribution in [0.5, 0.6) is 23.0 Å². The number of ether oxygens (including phenoxy) is 4. The highest BCUT2D eigenvalue weighted by atomic mass is 16.7. The Morgan fingerprint density at radius 1 is 0.839 bits per heavy atom. The molecule has 0 aliphatic carbocycles. The van der Waals surface area contributed by atoms with Crippen molar-refractivity contribution in [3.05, 3.63) is 78.4 Å². The highest BCUT2D eigenvalue weighted by Gasteiger charge is 2.15. The lowest BCUT2D eigenvalue weighted by molar-refractivity contribution is -0.121. The Bertz CT molecular complexity index is 1050. The molecular weight excluding hydrogens is 400 g/mol. The third kappa shape index (κ3) is 5.66. The molecule has 0 unspecified atom stereocenters. The molecule has 8 nitrogen and oxygen atoms in total. The van der Waals surface area contributed by atoms with Crippen LogP contribution in [0.3, 0.4) is 0 Å². The van der Waals surface area contributed by atoms with Crippen LogP contribution in [-0.2, 0) is 11.4 Å². The maximum Gasteiger partial charge on any atom is 0.325 e. The van der Waals surface area contributed by atoms with E-state index in [4.69, 9.17) is 18.9 Å². The van der Waals surface area contributed by atoms with E-state index in [2.05, 4.69) is 10.6 Å². The molecule has 1 aliphatic heterocycles. The van der Waals surface area contributed by atoms with Gasteiger partial charge in [0, 0.05) is 11.8 Å². The third-order valence-corrected chi connectivity index (χ3v) is 4.33. The molecule has 3 aromatic carbocycles. The SMILES string of the molecule is O=C(COc1ccc2c(c1)OCO2)NC(=O)Nc1ccc(OCc2ccccc2)cc1. The van der Waals surface area contributed by atoms with Crippen molar-refractivity contribution in [2.24, 2.45) is 0 Å². The lowest BCUT2D eigenvalue weighted by Crippen LogP contribution is -2.37. The van der Waals surface area contributed by atoms with Crippen LogP contribution in [0.25, 0.3) is 0 Å². The largest absolute Gasteiger partial charge is 0.489 e. The Morgan fingerprint density at radius 3 is 2.39 bits per heavy atom. The smallest absolute Gasteiger partial charge is 0.325 e. The summed E-state index contributed by atoms with van der Waals surface area (Å²) in [6, 6.07) is 21.0. The molecule has 0 saturated heterocycles. The molecule has 0 saturated carbocycles. The number of urea groups is 1. The van der Waals surface area contributed by atoms with Gasteiger partial charge in [-0.2, -0.15) is 0 Å². The summed E-state index contributed by atoms with van der Waals surface area (Å²) in [6.45, 7) is 0.283. The third-order valence-electron chi connectivity index (χ3n) is 4.33. The van der Waals surface area contributed by atoms with Crippen molar-refractivity contribution in [1.82, 2.24) is 5.32 Å². The molecule has 0 fully saturated rings. The van der Waals surface area contributed by atoms with E-state index in [9.17, 15) is 9.59 Å². The summed E-state index contributed by atoms with van der Waals surface area (Å²) < 4.78 is 21.5. The second-order valence-corrected chi connectivity index (χ2v) is 6.60. The fourth-order valence-corrected chi connectivity index (χ4v) is 2.82. The molecular formula is C23H20N2O6. The second kappa shape index (κ2) is 9.53. The zero-order valence-corrected chi connectivity index (χ0v) is 16.5. The maximum atomic E-state index is 12.0. The van der Waals surface area contributed by atoms with E-state index < -0.39 is 11.9 Å². The Morgan fingerprint density at radius 2 is 1.58 bits per heavy atom. The predicted molar refractivity (Wildman–Crippen MR) is 112 cm³/mol. The van der Waals surface area contributed by atoms with Crippen molar-refractivity contribution in [2.75, 3.05) is 18.7 Å². The molecule has 0 aromatic heterocycles. The number of carbonyl (C=O) groups excluding carboxylic acids is 2. The lowest BCUT2D eigenvalue weighted by atomic mass is 10.2. The lowest BCUT2D eigenvalue weighted by Gasteiger charge is -2.10. The zero-order chi connectivity index (χ0) is 21.5. The van der Waals surface area contributed by atoms with Gasteiger partial charge in [0.2, 0.25) is 6.79 Å². The molecule has 2 N–H and O–H groups in total. The van der Waals surface area contributed by atoms with Crippen LogP contribution in [0.1, 0.15) is 5.56 Å². The molecule has 0 bridgehead atoms. The fourth-order valence-electron chi connectivity index (χ4n) is 2.82. The number of imide groups is 1. The van der Waals surface area contributed by atoms with Gasteiger partial charge in [-0.25, -0.2) is 4.79 Å². The molecule has 4 rings (SSSR count). The van der Waals surface area contributed by atoms with E-state index in [1.807, 2.05) is 30.3 Å². The van der Waals surface area contributed by atoms with Crippen molar-refractivity contribution >= 4 is 17.6 Å². The van der Waals surface area contributed by atoms with E-state index in [0.717, 1.165) is 5.56 Å².